The number of anilines is 1. The molecule has 0 spiro atoms. The lowest BCUT2D eigenvalue weighted by molar-refractivity contribution is -0.120. The van der Waals surface area contributed by atoms with Crippen LogP contribution in [0.5, 0.6) is 0 Å². The first-order chi connectivity index (χ1) is 7.74. The normalized spacial score (nSPS) is 26.9. The quantitative estimate of drug-likeness (QED) is 0.857. The molecule has 0 aliphatic carbocycles. The van der Waals surface area contributed by atoms with Gasteiger partial charge in [0, 0.05) is 6.04 Å². The smallest absolute Gasteiger partial charge is 0.244 e. The maximum Gasteiger partial charge on any atom is 0.244 e. The summed E-state index contributed by atoms with van der Waals surface area (Å²) < 4.78 is 0. The Morgan fingerprint density at radius 1 is 1.50 bits per heavy atom. The number of thiophene rings is 1. The molecule has 1 aliphatic heterocycles. The molecular weight excluding hydrogens is 220 g/mol. The van der Waals surface area contributed by atoms with Crippen molar-refractivity contribution in [3.8, 4) is 0 Å². The van der Waals surface area contributed by atoms with Crippen molar-refractivity contribution in [3.63, 3.8) is 0 Å². The van der Waals surface area contributed by atoms with Crippen molar-refractivity contribution < 1.29 is 4.79 Å². The molecule has 1 aromatic rings. The highest BCUT2D eigenvalue weighted by atomic mass is 32.1. The minimum Gasteiger partial charge on any atom is -0.309 e. The molecule has 4 heteroatoms. The van der Waals surface area contributed by atoms with Gasteiger partial charge in [-0.15, -0.1) is 11.3 Å². The van der Waals surface area contributed by atoms with Gasteiger partial charge in [-0.25, -0.2) is 0 Å². The fourth-order valence-electron chi connectivity index (χ4n) is 2.26. The Balaban J connectivity index is 2.27. The molecule has 1 amide bonds. The first-order valence-electron chi connectivity index (χ1n) is 5.78. The lowest BCUT2D eigenvalue weighted by Crippen LogP contribution is -2.46. The summed E-state index contributed by atoms with van der Waals surface area (Å²) in [6.45, 7) is 2.13. The Hall–Kier alpha value is -0.870. The summed E-state index contributed by atoms with van der Waals surface area (Å²) in [6.07, 6.45) is 3.14. The molecule has 0 aromatic carbocycles. The van der Waals surface area contributed by atoms with Gasteiger partial charge < -0.3 is 5.32 Å². The van der Waals surface area contributed by atoms with Crippen molar-refractivity contribution in [1.29, 1.82) is 0 Å². The van der Waals surface area contributed by atoms with Crippen molar-refractivity contribution in [1.82, 2.24) is 5.32 Å². The first-order valence-corrected chi connectivity index (χ1v) is 6.66. The van der Waals surface area contributed by atoms with E-state index in [1.807, 2.05) is 29.5 Å². The van der Waals surface area contributed by atoms with Crippen LogP contribution in [0.2, 0.25) is 0 Å². The van der Waals surface area contributed by atoms with Crippen molar-refractivity contribution in [2.75, 3.05) is 11.9 Å². The van der Waals surface area contributed by atoms with Crippen LogP contribution in [-0.4, -0.2) is 25.0 Å². The second kappa shape index (κ2) is 4.97. The Morgan fingerprint density at radius 2 is 2.31 bits per heavy atom. The van der Waals surface area contributed by atoms with Crippen LogP contribution in [0.3, 0.4) is 0 Å². The van der Waals surface area contributed by atoms with Gasteiger partial charge >= 0.3 is 0 Å². The minimum absolute atomic E-state index is 0.0213. The van der Waals surface area contributed by atoms with Crippen LogP contribution in [0.1, 0.15) is 26.2 Å². The highest BCUT2D eigenvalue weighted by molar-refractivity contribution is 7.14. The van der Waals surface area contributed by atoms with Crippen LogP contribution in [0.4, 0.5) is 5.00 Å². The van der Waals surface area contributed by atoms with Gasteiger partial charge in [-0.05, 0) is 50.7 Å². The van der Waals surface area contributed by atoms with Crippen molar-refractivity contribution in [2.45, 2.75) is 38.3 Å². The second-order valence-electron chi connectivity index (χ2n) is 4.28. The van der Waals surface area contributed by atoms with E-state index < -0.39 is 0 Å². The number of likely N-dealkylation sites (N-methyl/N-ethyl adjacent to an activating group) is 1. The molecule has 2 rings (SSSR count). The van der Waals surface area contributed by atoms with Gasteiger partial charge in [-0.1, -0.05) is 0 Å². The SMILES string of the molecule is CNC1CCCC(C)N(c2cccs2)C1=O. The Bertz CT molecular complexity index is 350. The molecule has 0 radical (unpaired) electrons. The Kier molecular flexibility index (Phi) is 3.61. The monoisotopic (exact) mass is 238 g/mol. The number of carbonyl (C=O) groups is 1. The number of nitrogens with zero attached hydrogens (tertiary/aromatic N) is 1. The van der Waals surface area contributed by atoms with Gasteiger partial charge in [-0.3, -0.25) is 9.69 Å². The predicted molar refractivity (Wildman–Crippen MR) is 68.0 cm³/mol. The molecule has 1 N–H and O–H groups in total. The van der Waals surface area contributed by atoms with Crippen LogP contribution in [0.25, 0.3) is 0 Å². The van der Waals surface area contributed by atoms with E-state index in [-0.39, 0.29) is 11.9 Å². The predicted octanol–water partition coefficient (Wildman–Crippen LogP) is 2.24. The second-order valence-corrected chi connectivity index (χ2v) is 5.21. The molecule has 16 heavy (non-hydrogen) atoms. The third-order valence-corrected chi connectivity index (χ3v) is 4.05. The molecule has 88 valence electrons. The average molecular weight is 238 g/mol. The third-order valence-electron chi connectivity index (χ3n) is 3.18. The maximum atomic E-state index is 12.4. The largest absolute Gasteiger partial charge is 0.309 e. The number of carbonyl (C=O) groups excluding carboxylic acids is 1. The van der Waals surface area contributed by atoms with Crippen LogP contribution >= 0.6 is 11.3 Å². The highest BCUT2D eigenvalue weighted by Gasteiger charge is 2.31. The molecule has 2 unspecified atom stereocenters. The zero-order chi connectivity index (χ0) is 11.5. The standard InChI is InChI=1S/C12H18N2OS/c1-9-5-3-6-10(13-2)12(15)14(9)11-7-4-8-16-11/h4,7-10,13H,3,5-6H2,1-2H3. The van der Waals surface area contributed by atoms with E-state index in [1.54, 1.807) is 11.3 Å². The highest BCUT2D eigenvalue weighted by Crippen LogP contribution is 2.28. The lowest BCUT2D eigenvalue weighted by Gasteiger charge is -2.27. The molecule has 1 aliphatic rings. The van der Waals surface area contributed by atoms with Gasteiger partial charge in [0.25, 0.3) is 0 Å². The summed E-state index contributed by atoms with van der Waals surface area (Å²) in [5.74, 6) is 0.218. The summed E-state index contributed by atoms with van der Waals surface area (Å²) >= 11 is 1.64. The number of nitrogens with one attached hydrogen (secondary N) is 1. The van der Waals surface area contributed by atoms with E-state index in [2.05, 4.69) is 12.2 Å². The van der Waals surface area contributed by atoms with Crippen molar-refractivity contribution in [2.24, 2.45) is 0 Å². The van der Waals surface area contributed by atoms with Crippen LogP contribution in [0, 0.1) is 0 Å². The minimum atomic E-state index is -0.0213. The zero-order valence-electron chi connectivity index (χ0n) is 9.77. The van der Waals surface area contributed by atoms with E-state index in [0.29, 0.717) is 6.04 Å². The third kappa shape index (κ3) is 2.13. The van der Waals surface area contributed by atoms with Gasteiger partial charge in [0.2, 0.25) is 5.91 Å². The summed E-state index contributed by atoms with van der Waals surface area (Å²) in [7, 11) is 1.87. The van der Waals surface area contributed by atoms with E-state index in [9.17, 15) is 4.79 Å². The number of rotatable bonds is 2. The molecule has 3 nitrogen and oxygen atoms in total. The van der Waals surface area contributed by atoms with Gasteiger partial charge in [0.1, 0.15) is 0 Å². The summed E-state index contributed by atoms with van der Waals surface area (Å²) in [5.41, 5.74) is 0. The Labute approximate surface area is 100 Å². The van der Waals surface area contributed by atoms with Gasteiger partial charge in [0.15, 0.2) is 0 Å². The van der Waals surface area contributed by atoms with Gasteiger partial charge in [0.05, 0.1) is 11.0 Å². The molecule has 1 saturated heterocycles. The van der Waals surface area contributed by atoms with E-state index >= 15 is 0 Å². The van der Waals surface area contributed by atoms with Crippen LogP contribution < -0.4 is 10.2 Å². The van der Waals surface area contributed by atoms with Gasteiger partial charge in [-0.2, -0.15) is 0 Å². The summed E-state index contributed by atoms with van der Waals surface area (Å²) in [5, 5.41) is 6.21. The lowest BCUT2D eigenvalue weighted by atomic mass is 10.1. The maximum absolute atomic E-state index is 12.4. The molecule has 0 saturated carbocycles. The topological polar surface area (TPSA) is 32.3 Å². The fraction of sp³-hybridized carbons (Fsp3) is 0.583. The zero-order valence-corrected chi connectivity index (χ0v) is 10.6. The van der Waals surface area contributed by atoms with Crippen molar-refractivity contribution >= 4 is 22.2 Å². The van der Waals surface area contributed by atoms with Crippen molar-refractivity contribution in [3.05, 3.63) is 17.5 Å². The molecule has 1 aromatic heterocycles. The average Bonchev–Trinajstić information content (AvgIpc) is 2.73. The number of amides is 1. The van der Waals surface area contributed by atoms with E-state index in [4.69, 9.17) is 0 Å². The molecule has 1 fully saturated rings. The number of hydrogen-bond donors (Lipinski definition) is 1. The number of hydrogen-bond acceptors (Lipinski definition) is 3. The molecule has 2 atom stereocenters. The van der Waals surface area contributed by atoms with Crippen LogP contribution in [-0.2, 0) is 4.79 Å². The summed E-state index contributed by atoms with van der Waals surface area (Å²) in [6, 6.07) is 4.31. The van der Waals surface area contributed by atoms with E-state index in [1.165, 1.54) is 0 Å². The molecule has 2 heterocycles. The van der Waals surface area contributed by atoms with E-state index in [0.717, 1.165) is 24.3 Å². The van der Waals surface area contributed by atoms with Crippen LogP contribution in [0.15, 0.2) is 17.5 Å². The molecule has 0 bridgehead atoms. The Morgan fingerprint density at radius 3 is 2.94 bits per heavy atom. The summed E-state index contributed by atoms with van der Waals surface area (Å²) in [4.78, 5) is 14.3. The molecular formula is C12H18N2OS. The fourth-order valence-corrected chi connectivity index (χ4v) is 3.09. The first kappa shape index (κ1) is 11.6.